The molecule has 1 aromatic heterocycles. The lowest BCUT2D eigenvalue weighted by atomic mass is 10.1. The highest BCUT2D eigenvalue weighted by molar-refractivity contribution is 5.99. The number of hydrogen-bond acceptors (Lipinski definition) is 5. The molecule has 0 saturated heterocycles. The van der Waals surface area contributed by atoms with E-state index in [9.17, 15) is 18.8 Å². The lowest BCUT2D eigenvalue weighted by Crippen LogP contribution is -2.13. The summed E-state index contributed by atoms with van der Waals surface area (Å²) in [5.74, 6) is -1.48. The number of nitrogens with one attached hydrogen (secondary N) is 1. The maximum absolute atomic E-state index is 13.2. The lowest BCUT2D eigenvalue weighted by Gasteiger charge is -2.05. The zero-order valence-corrected chi connectivity index (χ0v) is 18.6. The number of hydrogen-bond donors (Lipinski definition) is 1. The van der Waals surface area contributed by atoms with Gasteiger partial charge in [-0.1, -0.05) is 6.92 Å². The van der Waals surface area contributed by atoms with Gasteiger partial charge in [-0.25, -0.2) is 13.9 Å². The SMILES string of the molecule is CCC(=O)Nc1ccc(C(=O)COC(=O)/C=C/c2c(C)nn(-c3ccc(F)cc3)c2C)cc1. The van der Waals surface area contributed by atoms with Gasteiger partial charge in [0, 0.05) is 35.0 Å². The second-order valence-corrected chi connectivity index (χ2v) is 7.32. The number of esters is 1. The van der Waals surface area contributed by atoms with E-state index in [2.05, 4.69) is 10.4 Å². The predicted octanol–water partition coefficient (Wildman–Crippen LogP) is 4.42. The van der Waals surface area contributed by atoms with Crippen molar-refractivity contribution in [1.29, 1.82) is 0 Å². The van der Waals surface area contributed by atoms with Crippen LogP contribution in [0.2, 0.25) is 0 Å². The Balaban J connectivity index is 1.60. The van der Waals surface area contributed by atoms with E-state index in [1.165, 1.54) is 18.2 Å². The second-order valence-electron chi connectivity index (χ2n) is 7.32. The number of aromatic nitrogens is 2. The van der Waals surface area contributed by atoms with Crippen molar-refractivity contribution in [3.63, 3.8) is 0 Å². The number of nitrogens with zero attached hydrogens (tertiary/aromatic N) is 2. The molecular weight excluding hydrogens is 425 g/mol. The molecule has 0 spiro atoms. The molecule has 0 bridgehead atoms. The number of Topliss-reactive ketones (excluding diaryl/α,β-unsaturated/α-hetero) is 1. The van der Waals surface area contributed by atoms with E-state index in [1.807, 2.05) is 6.92 Å². The largest absolute Gasteiger partial charge is 0.454 e. The highest BCUT2D eigenvalue weighted by Crippen LogP contribution is 2.19. The third kappa shape index (κ3) is 6.00. The summed E-state index contributed by atoms with van der Waals surface area (Å²) in [5, 5.41) is 7.14. The summed E-state index contributed by atoms with van der Waals surface area (Å²) in [4.78, 5) is 35.8. The first-order chi connectivity index (χ1) is 15.8. The number of carbonyl (C=O) groups is 3. The molecule has 0 atom stereocenters. The normalized spacial score (nSPS) is 10.9. The van der Waals surface area contributed by atoms with Gasteiger partial charge in [0.25, 0.3) is 0 Å². The molecule has 0 aliphatic heterocycles. The number of anilines is 1. The van der Waals surface area contributed by atoms with Gasteiger partial charge in [0.05, 0.1) is 11.4 Å². The van der Waals surface area contributed by atoms with Crippen LogP contribution in [-0.2, 0) is 14.3 Å². The molecule has 0 unspecified atom stereocenters. The fourth-order valence-electron chi connectivity index (χ4n) is 3.14. The van der Waals surface area contributed by atoms with Gasteiger partial charge in [-0.05, 0) is 68.5 Å². The minimum atomic E-state index is -0.663. The van der Waals surface area contributed by atoms with Gasteiger partial charge in [-0.3, -0.25) is 9.59 Å². The molecule has 0 radical (unpaired) electrons. The Hall–Kier alpha value is -4.07. The second kappa shape index (κ2) is 10.5. The van der Waals surface area contributed by atoms with Crippen LogP contribution in [-0.4, -0.2) is 34.0 Å². The molecule has 0 fully saturated rings. The van der Waals surface area contributed by atoms with E-state index in [-0.39, 0.29) is 17.5 Å². The Morgan fingerprint density at radius 2 is 1.73 bits per heavy atom. The molecule has 33 heavy (non-hydrogen) atoms. The molecule has 3 aromatic rings. The van der Waals surface area contributed by atoms with Gasteiger partial charge in [0.15, 0.2) is 12.4 Å². The van der Waals surface area contributed by atoms with E-state index >= 15 is 0 Å². The first-order valence-corrected chi connectivity index (χ1v) is 10.4. The molecular formula is C25H24FN3O4. The minimum Gasteiger partial charge on any atom is -0.454 e. The van der Waals surface area contributed by atoms with Crippen LogP contribution in [0.4, 0.5) is 10.1 Å². The van der Waals surface area contributed by atoms with E-state index in [4.69, 9.17) is 4.74 Å². The maximum atomic E-state index is 13.2. The van der Waals surface area contributed by atoms with Crippen LogP contribution >= 0.6 is 0 Å². The number of ether oxygens (including phenoxy) is 1. The number of aryl methyl sites for hydroxylation is 1. The minimum absolute atomic E-state index is 0.122. The fourth-order valence-corrected chi connectivity index (χ4v) is 3.14. The smallest absolute Gasteiger partial charge is 0.331 e. The monoisotopic (exact) mass is 449 g/mol. The van der Waals surface area contributed by atoms with E-state index in [1.54, 1.807) is 61.0 Å². The van der Waals surface area contributed by atoms with Crippen LogP contribution < -0.4 is 5.32 Å². The van der Waals surface area contributed by atoms with Crippen molar-refractivity contribution >= 4 is 29.4 Å². The molecule has 0 aliphatic carbocycles. The standard InChI is InChI=1S/C25H24FN3O4/c1-4-24(31)27-20-9-5-18(6-10-20)23(30)15-33-25(32)14-13-22-16(2)28-29(17(22)3)21-11-7-19(26)8-12-21/h5-14H,4,15H2,1-3H3,(H,27,31)/b14-13+. The van der Waals surface area contributed by atoms with Gasteiger partial charge in [0.2, 0.25) is 5.91 Å². The zero-order chi connectivity index (χ0) is 24.0. The van der Waals surface area contributed by atoms with Gasteiger partial charge in [-0.15, -0.1) is 0 Å². The number of rotatable bonds is 8. The van der Waals surface area contributed by atoms with Crippen molar-refractivity contribution in [2.24, 2.45) is 0 Å². The fraction of sp³-hybridized carbons (Fsp3) is 0.200. The summed E-state index contributed by atoms with van der Waals surface area (Å²) in [7, 11) is 0. The van der Waals surface area contributed by atoms with Crippen molar-refractivity contribution < 1.29 is 23.5 Å². The first kappa shape index (κ1) is 23.6. The van der Waals surface area contributed by atoms with Gasteiger partial charge in [0.1, 0.15) is 5.82 Å². The summed E-state index contributed by atoms with van der Waals surface area (Å²) in [6.07, 6.45) is 3.18. The maximum Gasteiger partial charge on any atom is 0.331 e. The zero-order valence-electron chi connectivity index (χ0n) is 18.6. The number of amides is 1. The van der Waals surface area contributed by atoms with Crippen molar-refractivity contribution in [3.8, 4) is 5.69 Å². The lowest BCUT2D eigenvalue weighted by molar-refractivity contribution is -0.136. The average Bonchev–Trinajstić information content (AvgIpc) is 3.10. The molecule has 1 amide bonds. The van der Waals surface area contributed by atoms with Crippen molar-refractivity contribution in [3.05, 3.63) is 82.9 Å². The van der Waals surface area contributed by atoms with Crippen molar-refractivity contribution in [2.45, 2.75) is 27.2 Å². The summed E-state index contributed by atoms with van der Waals surface area (Å²) < 4.78 is 19.9. The van der Waals surface area contributed by atoms with Crippen LogP contribution in [0.25, 0.3) is 11.8 Å². The Bertz CT molecular complexity index is 1200. The van der Waals surface area contributed by atoms with Crippen molar-refractivity contribution in [1.82, 2.24) is 9.78 Å². The molecule has 170 valence electrons. The highest BCUT2D eigenvalue weighted by atomic mass is 19.1. The Kier molecular flexibility index (Phi) is 7.50. The molecule has 0 aliphatic rings. The summed E-state index contributed by atoms with van der Waals surface area (Å²) in [6, 6.07) is 12.3. The average molecular weight is 449 g/mol. The Morgan fingerprint density at radius 1 is 1.06 bits per heavy atom. The molecule has 1 heterocycles. The van der Waals surface area contributed by atoms with Gasteiger partial charge < -0.3 is 10.1 Å². The summed E-state index contributed by atoms with van der Waals surface area (Å²) in [6.45, 7) is 4.98. The van der Waals surface area contributed by atoms with Crippen LogP contribution in [0.1, 0.15) is 40.7 Å². The van der Waals surface area contributed by atoms with Crippen molar-refractivity contribution in [2.75, 3.05) is 11.9 Å². The third-order valence-corrected chi connectivity index (χ3v) is 4.96. The molecule has 8 heteroatoms. The molecule has 3 rings (SSSR count). The van der Waals surface area contributed by atoms with Crippen LogP contribution in [0, 0.1) is 19.7 Å². The predicted molar refractivity (Wildman–Crippen MR) is 123 cm³/mol. The van der Waals surface area contributed by atoms with E-state index in [0.717, 1.165) is 11.3 Å². The van der Waals surface area contributed by atoms with E-state index in [0.29, 0.717) is 29.1 Å². The topological polar surface area (TPSA) is 90.3 Å². The van der Waals surface area contributed by atoms with E-state index < -0.39 is 12.6 Å². The highest BCUT2D eigenvalue weighted by Gasteiger charge is 2.12. The van der Waals surface area contributed by atoms with Crippen LogP contribution in [0.15, 0.2) is 54.6 Å². The Morgan fingerprint density at radius 3 is 2.36 bits per heavy atom. The number of ketones is 1. The molecule has 0 saturated carbocycles. The van der Waals surface area contributed by atoms with Gasteiger partial charge in [-0.2, -0.15) is 5.10 Å². The summed E-state index contributed by atoms with van der Waals surface area (Å²) >= 11 is 0. The number of halogens is 1. The Labute approximate surface area is 190 Å². The number of benzene rings is 2. The van der Waals surface area contributed by atoms with Crippen LogP contribution in [0.3, 0.4) is 0 Å². The molecule has 7 nitrogen and oxygen atoms in total. The third-order valence-electron chi connectivity index (χ3n) is 4.96. The summed E-state index contributed by atoms with van der Waals surface area (Å²) in [5.41, 5.74) is 3.85. The van der Waals surface area contributed by atoms with Gasteiger partial charge >= 0.3 is 5.97 Å². The van der Waals surface area contributed by atoms with Crippen LogP contribution in [0.5, 0.6) is 0 Å². The quantitative estimate of drug-likeness (QED) is 0.312. The molecule has 1 N–H and O–H groups in total. The molecule has 2 aromatic carbocycles. The number of carbonyl (C=O) groups excluding carboxylic acids is 3. The first-order valence-electron chi connectivity index (χ1n) is 10.4.